The SMILES string of the molecule is CSc1ccc(C(=O)N2CCN([C@@H]3CCS(=O)(=O)C3)CC2)cc1. The predicted octanol–water partition coefficient (Wildman–Crippen LogP) is 1.35. The van der Waals surface area contributed by atoms with Gasteiger partial charge in [0, 0.05) is 42.7 Å². The summed E-state index contributed by atoms with van der Waals surface area (Å²) in [5.74, 6) is 0.645. The van der Waals surface area contributed by atoms with E-state index in [1.165, 1.54) is 0 Å². The standard InChI is InChI=1S/C16H22N2O3S2/c1-22-15-4-2-13(3-5-15)16(19)18-9-7-17(8-10-18)14-6-11-23(20,21)12-14/h2-5,14H,6-12H2,1H3/t14-/m1/s1. The van der Waals surface area contributed by atoms with Crippen molar-refractivity contribution >= 4 is 27.5 Å². The van der Waals surface area contributed by atoms with Gasteiger partial charge in [0.2, 0.25) is 0 Å². The van der Waals surface area contributed by atoms with E-state index in [0.717, 1.165) is 30.0 Å². The molecule has 0 radical (unpaired) electrons. The summed E-state index contributed by atoms with van der Waals surface area (Å²) in [6, 6.07) is 7.83. The van der Waals surface area contributed by atoms with Crippen LogP contribution in [0.2, 0.25) is 0 Å². The van der Waals surface area contributed by atoms with E-state index >= 15 is 0 Å². The zero-order chi connectivity index (χ0) is 16.4. The number of benzene rings is 1. The molecule has 0 spiro atoms. The molecular weight excluding hydrogens is 332 g/mol. The monoisotopic (exact) mass is 354 g/mol. The Bertz CT molecular complexity index is 665. The van der Waals surface area contributed by atoms with E-state index in [1.807, 2.05) is 35.4 Å². The van der Waals surface area contributed by atoms with Gasteiger partial charge in [-0.1, -0.05) is 0 Å². The lowest BCUT2D eigenvalue weighted by atomic mass is 10.1. The smallest absolute Gasteiger partial charge is 0.253 e. The number of sulfone groups is 1. The Morgan fingerprint density at radius 2 is 1.78 bits per heavy atom. The van der Waals surface area contributed by atoms with E-state index in [2.05, 4.69) is 4.90 Å². The second-order valence-corrected chi connectivity index (χ2v) is 9.22. The molecule has 2 saturated heterocycles. The summed E-state index contributed by atoms with van der Waals surface area (Å²) < 4.78 is 23.2. The maximum Gasteiger partial charge on any atom is 0.253 e. The van der Waals surface area contributed by atoms with Gasteiger partial charge in [-0.3, -0.25) is 9.69 Å². The minimum atomic E-state index is -2.85. The molecule has 1 amide bonds. The van der Waals surface area contributed by atoms with Gasteiger partial charge in [0.05, 0.1) is 11.5 Å². The molecule has 0 aliphatic carbocycles. The second kappa shape index (κ2) is 6.83. The van der Waals surface area contributed by atoms with Gasteiger partial charge < -0.3 is 4.90 Å². The van der Waals surface area contributed by atoms with Crippen LogP contribution in [0.1, 0.15) is 16.8 Å². The number of carbonyl (C=O) groups is 1. The van der Waals surface area contributed by atoms with Gasteiger partial charge in [-0.25, -0.2) is 8.42 Å². The molecule has 2 heterocycles. The topological polar surface area (TPSA) is 57.7 Å². The van der Waals surface area contributed by atoms with E-state index in [9.17, 15) is 13.2 Å². The van der Waals surface area contributed by atoms with Crippen molar-refractivity contribution in [2.45, 2.75) is 17.4 Å². The number of hydrogen-bond donors (Lipinski definition) is 0. The molecule has 0 N–H and O–H groups in total. The predicted molar refractivity (Wildman–Crippen MR) is 92.8 cm³/mol. The lowest BCUT2D eigenvalue weighted by molar-refractivity contribution is 0.0588. The minimum absolute atomic E-state index is 0.0661. The summed E-state index contributed by atoms with van der Waals surface area (Å²) in [7, 11) is -2.85. The van der Waals surface area contributed by atoms with Crippen molar-refractivity contribution in [3.63, 3.8) is 0 Å². The highest BCUT2D eigenvalue weighted by Gasteiger charge is 2.34. The van der Waals surface area contributed by atoms with Crippen LogP contribution in [0.5, 0.6) is 0 Å². The molecular formula is C16H22N2O3S2. The van der Waals surface area contributed by atoms with Gasteiger partial charge >= 0.3 is 0 Å². The first-order valence-corrected chi connectivity index (χ1v) is 10.9. The average Bonchev–Trinajstić information content (AvgIpc) is 2.94. The van der Waals surface area contributed by atoms with Crippen molar-refractivity contribution in [2.24, 2.45) is 0 Å². The zero-order valence-corrected chi connectivity index (χ0v) is 14.9. The van der Waals surface area contributed by atoms with Gasteiger partial charge in [-0.2, -0.15) is 0 Å². The molecule has 7 heteroatoms. The lowest BCUT2D eigenvalue weighted by Gasteiger charge is -2.37. The van der Waals surface area contributed by atoms with Gasteiger partial charge in [0.15, 0.2) is 9.84 Å². The van der Waals surface area contributed by atoms with Gasteiger partial charge in [-0.05, 0) is 36.9 Å². The number of nitrogens with zero attached hydrogens (tertiary/aromatic N) is 2. The molecule has 0 bridgehead atoms. The third-order valence-electron chi connectivity index (χ3n) is 4.66. The Labute approximate surface area is 141 Å². The first-order valence-electron chi connectivity index (χ1n) is 7.86. The van der Waals surface area contributed by atoms with Crippen molar-refractivity contribution in [3.05, 3.63) is 29.8 Å². The molecule has 2 aliphatic rings. The normalized spacial score (nSPS) is 24.7. The van der Waals surface area contributed by atoms with E-state index in [-0.39, 0.29) is 17.7 Å². The Balaban J connectivity index is 1.57. The quantitative estimate of drug-likeness (QED) is 0.767. The van der Waals surface area contributed by atoms with Crippen molar-refractivity contribution in [1.82, 2.24) is 9.80 Å². The summed E-state index contributed by atoms with van der Waals surface area (Å²) in [5, 5.41) is 0. The number of hydrogen-bond acceptors (Lipinski definition) is 5. The molecule has 126 valence electrons. The van der Waals surface area contributed by atoms with Crippen molar-refractivity contribution in [2.75, 3.05) is 43.9 Å². The Hall–Kier alpha value is -1.05. The summed E-state index contributed by atoms with van der Waals surface area (Å²) in [5.41, 5.74) is 0.722. The van der Waals surface area contributed by atoms with Crippen LogP contribution < -0.4 is 0 Å². The van der Waals surface area contributed by atoms with E-state index < -0.39 is 9.84 Å². The fourth-order valence-corrected chi connectivity index (χ4v) is 5.44. The number of carbonyl (C=O) groups excluding carboxylic acids is 1. The number of rotatable bonds is 3. The maximum atomic E-state index is 12.5. The molecule has 2 aliphatic heterocycles. The van der Waals surface area contributed by atoms with E-state index in [1.54, 1.807) is 11.8 Å². The Morgan fingerprint density at radius 1 is 1.13 bits per heavy atom. The van der Waals surface area contributed by atoms with Crippen LogP contribution in [0.3, 0.4) is 0 Å². The van der Waals surface area contributed by atoms with Crippen LogP contribution in [-0.4, -0.2) is 74.1 Å². The fraction of sp³-hybridized carbons (Fsp3) is 0.562. The van der Waals surface area contributed by atoms with E-state index in [0.29, 0.717) is 18.8 Å². The molecule has 5 nitrogen and oxygen atoms in total. The molecule has 0 aromatic heterocycles. The molecule has 0 saturated carbocycles. The van der Waals surface area contributed by atoms with Crippen LogP contribution in [0.15, 0.2) is 29.2 Å². The average molecular weight is 354 g/mol. The van der Waals surface area contributed by atoms with Crippen molar-refractivity contribution < 1.29 is 13.2 Å². The molecule has 1 aromatic carbocycles. The fourth-order valence-electron chi connectivity index (χ4n) is 3.27. The summed E-state index contributed by atoms with van der Waals surface area (Å²) in [6.45, 7) is 2.85. The van der Waals surface area contributed by atoms with Crippen molar-refractivity contribution in [1.29, 1.82) is 0 Å². The molecule has 2 fully saturated rings. The highest BCUT2D eigenvalue weighted by molar-refractivity contribution is 7.98. The van der Waals surface area contributed by atoms with Gasteiger partial charge in [-0.15, -0.1) is 11.8 Å². The minimum Gasteiger partial charge on any atom is -0.336 e. The van der Waals surface area contributed by atoms with Crippen LogP contribution in [0, 0.1) is 0 Å². The summed E-state index contributed by atoms with van der Waals surface area (Å²) in [4.78, 5) is 17.8. The zero-order valence-electron chi connectivity index (χ0n) is 13.3. The number of thioether (sulfide) groups is 1. The molecule has 1 atom stereocenters. The highest BCUT2D eigenvalue weighted by Crippen LogP contribution is 2.20. The maximum absolute atomic E-state index is 12.5. The highest BCUT2D eigenvalue weighted by atomic mass is 32.2. The second-order valence-electron chi connectivity index (χ2n) is 6.11. The summed E-state index contributed by atoms with van der Waals surface area (Å²) >= 11 is 1.66. The van der Waals surface area contributed by atoms with Crippen LogP contribution in [-0.2, 0) is 9.84 Å². The largest absolute Gasteiger partial charge is 0.336 e. The third kappa shape index (κ3) is 3.89. The number of amides is 1. The van der Waals surface area contributed by atoms with Gasteiger partial charge in [0.1, 0.15) is 0 Å². The molecule has 23 heavy (non-hydrogen) atoms. The number of piperazine rings is 1. The van der Waals surface area contributed by atoms with Crippen LogP contribution in [0.4, 0.5) is 0 Å². The first kappa shape index (κ1) is 16.8. The van der Waals surface area contributed by atoms with Crippen LogP contribution in [0.25, 0.3) is 0 Å². The molecule has 0 unspecified atom stereocenters. The molecule has 3 rings (SSSR count). The first-order chi connectivity index (χ1) is 11.0. The van der Waals surface area contributed by atoms with Gasteiger partial charge in [0.25, 0.3) is 5.91 Å². The Kier molecular flexibility index (Phi) is 4.98. The van der Waals surface area contributed by atoms with E-state index in [4.69, 9.17) is 0 Å². The third-order valence-corrected chi connectivity index (χ3v) is 7.16. The summed E-state index contributed by atoms with van der Waals surface area (Å²) in [6.07, 6.45) is 2.74. The molecule has 1 aromatic rings. The Morgan fingerprint density at radius 3 is 2.30 bits per heavy atom. The van der Waals surface area contributed by atoms with Crippen molar-refractivity contribution in [3.8, 4) is 0 Å². The lowest BCUT2D eigenvalue weighted by Crippen LogP contribution is -2.52. The van der Waals surface area contributed by atoms with Crippen LogP contribution >= 0.6 is 11.8 Å².